The van der Waals surface area contributed by atoms with E-state index in [-0.39, 0.29) is 11.7 Å². The van der Waals surface area contributed by atoms with Gasteiger partial charge in [0.1, 0.15) is 11.3 Å². The number of nitrogens with one attached hydrogen (secondary N) is 1. The molecule has 28 heavy (non-hydrogen) atoms. The molecule has 1 fully saturated rings. The average Bonchev–Trinajstić information content (AvgIpc) is 3.21. The van der Waals surface area contributed by atoms with E-state index < -0.39 is 0 Å². The summed E-state index contributed by atoms with van der Waals surface area (Å²) >= 11 is 6.29. The third-order valence-electron chi connectivity index (χ3n) is 5.47. The molecule has 0 unspecified atom stereocenters. The zero-order chi connectivity index (χ0) is 19.5. The Kier molecular flexibility index (Phi) is 5.85. The molecule has 3 aromatic rings. The summed E-state index contributed by atoms with van der Waals surface area (Å²) in [6.07, 6.45) is 5.46. The molecule has 0 aliphatic carbocycles. The molecular weight excluding hydrogens is 376 g/mol. The number of benzene rings is 1. The van der Waals surface area contributed by atoms with E-state index in [0.717, 1.165) is 41.9 Å². The molecule has 5 nitrogen and oxygen atoms in total. The van der Waals surface area contributed by atoms with Crippen LogP contribution in [-0.2, 0) is 6.54 Å². The average molecular weight is 401 g/mol. The van der Waals surface area contributed by atoms with Crippen molar-refractivity contribution in [1.82, 2.24) is 10.2 Å². The van der Waals surface area contributed by atoms with Crippen LogP contribution in [0.2, 0.25) is 5.02 Å². The number of nitrogens with zero attached hydrogens (tertiary/aromatic N) is 1. The number of furan rings is 1. The first kappa shape index (κ1) is 19.2. The minimum Gasteiger partial charge on any atom is -0.468 e. The number of rotatable bonds is 6. The Hall–Kier alpha value is -2.08. The summed E-state index contributed by atoms with van der Waals surface area (Å²) in [5.41, 5.74) is 2.02. The van der Waals surface area contributed by atoms with Crippen LogP contribution in [0, 0.1) is 6.92 Å². The van der Waals surface area contributed by atoms with Crippen LogP contribution in [0.1, 0.15) is 42.2 Å². The van der Waals surface area contributed by atoms with Crippen LogP contribution < -0.4 is 10.9 Å². The van der Waals surface area contributed by atoms with Crippen LogP contribution in [0.15, 0.2) is 50.2 Å². The molecule has 0 bridgehead atoms. The standard InChI is InChI=1S/C22H25ClN2O3/c1-15-10-21-17(12-18(15)23)16(11-22(26)28-21)13-24-14-19(20-6-5-9-27-20)25-7-3-2-4-8-25/h5-6,9-12,19,24H,2-4,7-8,13-14H2,1H3/t19-/m1/s1. The zero-order valence-electron chi connectivity index (χ0n) is 16.0. The van der Waals surface area contributed by atoms with E-state index in [9.17, 15) is 4.79 Å². The molecule has 1 N–H and O–H groups in total. The molecule has 3 heterocycles. The molecule has 0 spiro atoms. The van der Waals surface area contributed by atoms with Crippen molar-refractivity contribution in [3.8, 4) is 0 Å². The number of piperidine rings is 1. The highest BCUT2D eigenvalue weighted by Gasteiger charge is 2.24. The largest absolute Gasteiger partial charge is 0.468 e. The van der Waals surface area contributed by atoms with Gasteiger partial charge in [0.05, 0.1) is 12.3 Å². The Bertz CT molecular complexity index is 991. The van der Waals surface area contributed by atoms with Crippen LogP contribution in [0.4, 0.5) is 0 Å². The third-order valence-corrected chi connectivity index (χ3v) is 5.87. The fraction of sp³-hybridized carbons (Fsp3) is 0.409. The number of fused-ring (bicyclic) bond motifs is 1. The normalized spacial score (nSPS) is 16.5. The smallest absolute Gasteiger partial charge is 0.336 e. The number of hydrogen-bond acceptors (Lipinski definition) is 5. The van der Waals surface area contributed by atoms with E-state index in [1.165, 1.54) is 19.3 Å². The first-order valence-corrected chi connectivity index (χ1v) is 10.2. The molecule has 1 saturated heterocycles. The second-order valence-electron chi connectivity index (χ2n) is 7.45. The van der Waals surface area contributed by atoms with Crippen LogP contribution in [0.5, 0.6) is 0 Å². The summed E-state index contributed by atoms with van der Waals surface area (Å²) in [7, 11) is 0. The molecule has 2 aromatic heterocycles. The molecule has 0 amide bonds. The summed E-state index contributed by atoms with van der Waals surface area (Å²) in [4.78, 5) is 14.5. The first-order valence-electron chi connectivity index (χ1n) is 9.83. The fourth-order valence-corrected chi connectivity index (χ4v) is 4.12. The summed E-state index contributed by atoms with van der Waals surface area (Å²) in [6.45, 7) is 5.38. The SMILES string of the molecule is Cc1cc2oc(=O)cc(CNC[C@H](c3ccco3)N3CCCCC3)c2cc1Cl. The lowest BCUT2D eigenvalue weighted by molar-refractivity contribution is 0.142. The lowest BCUT2D eigenvalue weighted by Crippen LogP contribution is -2.38. The molecule has 6 heteroatoms. The van der Waals surface area contributed by atoms with Crippen molar-refractivity contribution in [2.24, 2.45) is 0 Å². The first-order chi connectivity index (χ1) is 13.6. The topological polar surface area (TPSA) is 58.6 Å². The predicted molar refractivity (Wildman–Crippen MR) is 111 cm³/mol. The Balaban J connectivity index is 1.53. The highest BCUT2D eigenvalue weighted by molar-refractivity contribution is 6.32. The monoisotopic (exact) mass is 400 g/mol. The molecular formula is C22H25ClN2O3. The quantitative estimate of drug-likeness (QED) is 0.609. The van der Waals surface area contributed by atoms with Gasteiger partial charge in [0.25, 0.3) is 0 Å². The molecule has 1 atom stereocenters. The van der Waals surface area contributed by atoms with Crippen molar-refractivity contribution < 1.29 is 8.83 Å². The van der Waals surface area contributed by atoms with Gasteiger partial charge in [0, 0.05) is 29.6 Å². The van der Waals surface area contributed by atoms with Crippen molar-refractivity contribution in [2.75, 3.05) is 19.6 Å². The number of halogens is 1. The van der Waals surface area contributed by atoms with Crippen molar-refractivity contribution in [3.05, 3.63) is 68.9 Å². The second-order valence-corrected chi connectivity index (χ2v) is 7.85. The van der Waals surface area contributed by atoms with E-state index in [1.54, 1.807) is 12.3 Å². The van der Waals surface area contributed by atoms with Gasteiger partial charge in [-0.2, -0.15) is 0 Å². The minimum absolute atomic E-state index is 0.188. The van der Waals surface area contributed by atoms with Crippen molar-refractivity contribution >= 4 is 22.6 Å². The maximum absolute atomic E-state index is 12.0. The third kappa shape index (κ3) is 4.17. The van der Waals surface area contributed by atoms with Gasteiger partial charge in [-0.3, -0.25) is 4.90 Å². The van der Waals surface area contributed by atoms with Gasteiger partial charge in [-0.25, -0.2) is 4.79 Å². The van der Waals surface area contributed by atoms with E-state index in [0.29, 0.717) is 17.2 Å². The van der Waals surface area contributed by atoms with Crippen molar-refractivity contribution in [2.45, 2.75) is 38.8 Å². The van der Waals surface area contributed by atoms with Crippen LogP contribution in [-0.4, -0.2) is 24.5 Å². The molecule has 1 aromatic carbocycles. The Morgan fingerprint density at radius 3 is 2.79 bits per heavy atom. The van der Waals surface area contributed by atoms with Gasteiger partial charge in [0.2, 0.25) is 0 Å². The Labute approximate surface area is 169 Å². The molecule has 1 aliphatic rings. The summed E-state index contributed by atoms with van der Waals surface area (Å²) in [5, 5.41) is 5.06. The van der Waals surface area contributed by atoms with Gasteiger partial charge >= 0.3 is 5.63 Å². The van der Waals surface area contributed by atoms with Gasteiger partial charge in [-0.1, -0.05) is 18.0 Å². The highest BCUT2D eigenvalue weighted by Crippen LogP contribution is 2.27. The molecule has 148 valence electrons. The van der Waals surface area contributed by atoms with Gasteiger partial charge < -0.3 is 14.2 Å². The Morgan fingerprint density at radius 1 is 1.21 bits per heavy atom. The van der Waals surface area contributed by atoms with Gasteiger partial charge in [-0.15, -0.1) is 0 Å². The second kappa shape index (κ2) is 8.52. The molecule has 4 rings (SSSR count). The summed E-state index contributed by atoms with van der Waals surface area (Å²) in [5.74, 6) is 0.977. The van der Waals surface area contributed by atoms with Crippen molar-refractivity contribution in [3.63, 3.8) is 0 Å². The van der Waals surface area contributed by atoms with Crippen LogP contribution in [0.25, 0.3) is 11.0 Å². The zero-order valence-corrected chi connectivity index (χ0v) is 16.8. The van der Waals surface area contributed by atoms with Gasteiger partial charge in [0.15, 0.2) is 0 Å². The predicted octanol–water partition coefficient (Wildman–Crippen LogP) is 4.66. The van der Waals surface area contributed by atoms with E-state index in [2.05, 4.69) is 10.2 Å². The Morgan fingerprint density at radius 2 is 2.04 bits per heavy atom. The molecule has 1 aliphatic heterocycles. The van der Waals surface area contributed by atoms with Crippen LogP contribution >= 0.6 is 11.6 Å². The number of hydrogen-bond donors (Lipinski definition) is 1. The molecule has 0 saturated carbocycles. The van der Waals surface area contributed by atoms with E-state index >= 15 is 0 Å². The highest BCUT2D eigenvalue weighted by atomic mass is 35.5. The summed E-state index contributed by atoms with van der Waals surface area (Å²) < 4.78 is 11.1. The van der Waals surface area contributed by atoms with Crippen molar-refractivity contribution in [1.29, 1.82) is 0 Å². The minimum atomic E-state index is -0.343. The summed E-state index contributed by atoms with van der Waals surface area (Å²) in [6, 6.07) is 9.40. The van der Waals surface area contributed by atoms with E-state index in [1.807, 2.05) is 31.2 Å². The number of aryl methyl sites for hydroxylation is 1. The fourth-order valence-electron chi connectivity index (χ4n) is 3.96. The van der Waals surface area contributed by atoms with E-state index in [4.69, 9.17) is 20.4 Å². The lowest BCUT2D eigenvalue weighted by atomic mass is 10.1. The maximum Gasteiger partial charge on any atom is 0.336 e. The van der Waals surface area contributed by atoms with Crippen LogP contribution in [0.3, 0.4) is 0 Å². The molecule has 0 radical (unpaired) electrons. The lowest BCUT2D eigenvalue weighted by Gasteiger charge is -2.33. The van der Waals surface area contributed by atoms with Gasteiger partial charge in [-0.05, 0) is 68.2 Å². The number of likely N-dealkylation sites (tertiary alicyclic amines) is 1. The maximum atomic E-state index is 12.0.